The number of hydrogen-bond acceptors (Lipinski definition) is 5. The fourth-order valence-electron chi connectivity index (χ4n) is 3.29. The number of nitrogens with zero attached hydrogens (tertiary/aromatic N) is 2. The molecule has 0 unspecified atom stereocenters. The number of rotatable bonds is 2. The summed E-state index contributed by atoms with van der Waals surface area (Å²) < 4.78 is 4.88. The zero-order valence-corrected chi connectivity index (χ0v) is 13.0. The van der Waals surface area contributed by atoms with Gasteiger partial charge in [-0.15, -0.1) is 0 Å². The highest BCUT2D eigenvalue weighted by Gasteiger charge is 2.31. The van der Waals surface area contributed by atoms with E-state index in [1.165, 1.54) is 20.0 Å². The van der Waals surface area contributed by atoms with Gasteiger partial charge >= 0.3 is 5.97 Å². The van der Waals surface area contributed by atoms with Crippen LogP contribution in [0.2, 0.25) is 0 Å². The normalized spacial score (nSPS) is 21.1. The molecule has 0 spiro atoms. The molecule has 1 aromatic rings. The van der Waals surface area contributed by atoms with Crippen molar-refractivity contribution in [2.24, 2.45) is 5.41 Å². The van der Waals surface area contributed by atoms with Crippen molar-refractivity contribution in [1.29, 1.82) is 0 Å². The smallest absolute Gasteiger partial charge is 0.357 e. The van der Waals surface area contributed by atoms with Crippen molar-refractivity contribution in [3.8, 4) is 0 Å². The molecule has 1 aliphatic carbocycles. The molecule has 2 heterocycles. The second-order valence-corrected chi connectivity index (χ2v) is 6.89. The quantitative estimate of drug-likeness (QED) is 0.848. The molecule has 0 aromatic carbocycles. The van der Waals surface area contributed by atoms with E-state index in [4.69, 9.17) is 9.72 Å². The Morgan fingerprint density at radius 2 is 1.95 bits per heavy atom. The van der Waals surface area contributed by atoms with Crippen LogP contribution in [-0.2, 0) is 17.8 Å². The van der Waals surface area contributed by atoms with Gasteiger partial charge in [0, 0.05) is 24.6 Å². The number of aromatic nitrogens is 2. The van der Waals surface area contributed by atoms with E-state index in [0.29, 0.717) is 30.1 Å². The predicted molar refractivity (Wildman–Crippen MR) is 78.9 cm³/mol. The maximum Gasteiger partial charge on any atom is 0.357 e. The minimum atomic E-state index is -0.352. The van der Waals surface area contributed by atoms with Gasteiger partial charge in [-0.2, -0.15) is 0 Å². The van der Waals surface area contributed by atoms with E-state index in [9.17, 15) is 4.79 Å². The number of fused-ring (bicyclic) bond motifs is 1. The molecule has 0 atom stereocenters. The van der Waals surface area contributed by atoms with Gasteiger partial charge in [0.1, 0.15) is 5.82 Å². The molecular weight excluding hydrogens is 266 g/mol. The van der Waals surface area contributed by atoms with Crippen LogP contribution in [0.25, 0.3) is 0 Å². The Kier molecular flexibility index (Phi) is 3.69. The Bertz CT molecular complexity index is 559. The van der Waals surface area contributed by atoms with Crippen molar-refractivity contribution in [3.05, 3.63) is 22.8 Å². The third-order valence-corrected chi connectivity index (χ3v) is 4.79. The summed E-state index contributed by atoms with van der Waals surface area (Å²) in [7, 11) is 1.40. The standard InChI is InChI=1S/C16H23N3O2/c1-16(2)6-4-10(5-7-16)14-18-12-9-17-8-11(12)13(19-14)15(20)21-3/h10,17H,4-9H2,1-3H3. The molecule has 0 amide bonds. The van der Waals surface area contributed by atoms with Crippen LogP contribution in [0, 0.1) is 5.41 Å². The lowest BCUT2D eigenvalue weighted by atomic mass is 9.73. The Morgan fingerprint density at radius 3 is 2.62 bits per heavy atom. The number of carbonyl (C=O) groups is 1. The minimum Gasteiger partial charge on any atom is -0.464 e. The molecule has 0 bridgehead atoms. The third kappa shape index (κ3) is 2.79. The second-order valence-electron chi connectivity index (χ2n) is 6.89. The molecule has 21 heavy (non-hydrogen) atoms. The number of nitrogens with one attached hydrogen (secondary N) is 1. The third-order valence-electron chi connectivity index (χ3n) is 4.79. The van der Waals surface area contributed by atoms with E-state index in [2.05, 4.69) is 24.1 Å². The van der Waals surface area contributed by atoms with E-state index in [1.54, 1.807) is 0 Å². The van der Waals surface area contributed by atoms with Crippen LogP contribution in [0.1, 0.15) is 73.0 Å². The van der Waals surface area contributed by atoms with E-state index in [0.717, 1.165) is 29.9 Å². The van der Waals surface area contributed by atoms with Crippen molar-refractivity contribution < 1.29 is 9.53 Å². The number of methoxy groups -OCH3 is 1. The van der Waals surface area contributed by atoms with Gasteiger partial charge in [0.2, 0.25) is 0 Å². The highest BCUT2D eigenvalue weighted by atomic mass is 16.5. The minimum absolute atomic E-state index is 0.352. The first kappa shape index (κ1) is 14.4. The van der Waals surface area contributed by atoms with Crippen LogP contribution in [0.5, 0.6) is 0 Å². The van der Waals surface area contributed by atoms with E-state index >= 15 is 0 Å². The maximum atomic E-state index is 12.0. The Balaban J connectivity index is 1.91. The molecule has 1 aliphatic heterocycles. The molecule has 0 saturated heterocycles. The molecule has 5 nitrogen and oxygen atoms in total. The van der Waals surface area contributed by atoms with Gasteiger partial charge < -0.3 is 10.1 Å². The van der Waals surface area contributed by atoms with Gasteiger partial charge in [0.15, 0.2) is 5.69 Å². The van der Waals surface area contributed by atoms with Crippen molar-refractivity contribution >= 4 is 5.97 Å². The summed E-state index contributed by atoms with van der Waals surface area (Å²) in [6.45, 7) is 6.00. The van der Waals surface area contributed by atoms with Crippen molar-refractivity contribution in [3.63, 3.8) is 0 Å². The molecule has 0 radical (unpaired) electrons. The van der Waals surface area contributed by atoms with Crippen LogP contribution < -0.4 is 5.32 Å². The van der Waals surface area contributed by atoms with Crippen molar-refractivity contribution in [2.45, 2.75) is 58.5 Å². The first-order valence-electron chi connectivity index (χ1n) is 7.69. The van der Waals surface area contributed by atoms with Crippen LogP contribution in [0.3, 0.4) is 0 Å². The summed E-state index contributed by atoms with van der Waals surface area (Å²) in [6, 6.07) is 0. The van der Waals surface area contributed by atoms with Gasteiger partial charge in [-0.3, -0.25) is 0 Å². The van der Waals surface area contributed by atoms with Crippen molar-refractivity contribution in [1.82, 2.24) is 15.3 Å². The number of carbonyl (C=O) groups excluding carboxylic acids is 1. The molecule has 2 aliphatic rings. The lowest BCUT2D eigenvalue weighted by Gasteiger charge is -2.33. The highest BCUT2D eigenvalue weighted by Crippen LogP contribution is 2.41. The fraction of sp³-hybridized carbons (Fsp3) is 0.688. The van der Waals surface area contributed by atoms with Crippen LogP contribution >= 0.6 is 0 Å². The predicted octanol–water partition coefficient (Wildman–Crippen LogP) is 2.55. The Hall–Kier alpha value is -1.49. The van der Waals surface area contributed by atoms with Gasteiger partial charge in [-0.1, -0.05) is 13.8 Å². The summed E-state index contributed by atoms with van der Waals surface area (Å²) in [4.78, 5) is 21.3. The van der Waals surface area contributed by atoms with Gasteiger partial charge in [0.25, 0.3) is 0 Å². The molecule has 1 saturated carbocycles. The summed E-state index contributed by atoms with van der Waals surface area (Å²) >= 11 is 0. The lowest BCUT2D eigenvalue weighted by Crippen LogP contribution is -2.23. The molecule has 1 fully saturated rings. The Labute approximate surface area is 125 Å². The molecule has 3 rings (SSSR count). The lowest BCUT2D eigenvalue weighted by molar-refractivity contribution is 0.0591. The first-order valence-corrected chi connectivity index (χ1v) is 7.69. The highest BCUT2D eigenvalue weighted by molar-refractivity contribution is 5.89. The van der Waals surface area contributed by atoms with Crippen LogP contribution in [-0.4, -0.2) is 23.0 Å². The molecule has 114 valence electrons. The van der Waals surface area contributed by atoms with E-state index < -0.39 is 0 Å². The van der Waals surface area contributed by atoms with Crippen molar-refractivity contribution in [2.75, 3.05) is 7.11 Å². The number of ether oxygens (including phenoxy) is 1. The monoisotopic (exact) mass is 289 g/mol. The van der Waals surface area contributed by atoms with Crippen LogP contribution in [0.15, 0.2) is 0 Å². The molecule has 1 aromatic heterocycles. The molecule has 1 N–H and O–H groups in total. The van der Waals surface area contributed by atoms with E-state index in [-0.39, 0.29) is 5.97 Å². The average Bonchev–Trinajstić information content (AvgIpc) is 2.93. The summed E-state index contributed by atoms with van der Waals surface area (Å²) in [5.74, 6) is 0.843. The van der Waals surface area contributed by atoms with Gasteiger partial charge in [-0.25, -0.2) is 14.8 Å². The average molecular weight is 289 g/mol. The summed E-state index contributed by atoms with van der Waals surface area (Å²) in [5, 5.41) is 3.24. The largest absolute Gasteiger partial charge is 0.464 e. The number of hydrogen-bond donors (Lipinski definition) is 1. The first-order chi connectivity index (χ1) is 10.00. The zero-order chi connectivity index (χ0) is 15.0. The van der Waals surface area contributed by atoms with Crippen LogP contribution in [0.4, 0.5) is 0 Å². The SMILES string of the molecule is COC(=O)c1nc(C2CCC(C)(C)CC2)nc2c1CNC2. The van der Waals surface area contributed by atoms with E-state index in [1.807, 2.05) is 0 Å². The Morgan fingerprint density at radius 1 is 1.24 bits per heavy atom. The molecular formula is C16H23N3O2. The summed E-state index contributed by atoms with van der Waals surface area (Å²) in [6.07, 6.45) is 4.56. The zero-order valence-electron chi connectivity index (χ0n) is 13.0. The number of esters is 1. The second kappa shape index (κ2) is 5.37. The maximum absolute atomic E-state index is 12.0. The molecule has 5 heteroatoms. The van der Waals surface area contributed by atoms with Gasteiger partial charge in [0.05, 0.1) is 12.8 Å². The fourth-order valence-corrected chi connectivity index (χ4v) is 3.29. The topological polar surface area (TPSA) is 64.1 Å². The summed E-state index contributed by atoms with van der Waals surface area (Å²) in [5.41, 5.74) is 2.74. The van der Waals surface area contributed by atoms with Gasteiger partial charge in [-0.05, 0) is 31.1 Å².